The Morgan fingerprint density at radius 2 is 1.50 bits per heavy atom. The Labute approximate surface area is 65.1 Å². The molecule has 0 spiro atoms. The minimum atomic E-state index is 0. The summed E-state index contributed by atoms with van der Waals surface area (Å²) >= 11 is 0.299. The fourth-order valence-corrected chi connectivity index (χ4v) is 0.0875. The summed E-state index contributed by atoms with van der Waals surface area (Å²) in [6.45, 7) is 0. The van der Waals surface area contributed by atoms with Crippen LogP contribution in [0.2, 0.25) is 0 Å². The number of hydrogen-bond donors (Lipinski definition) is 0. The van der Waals surface area contributed by atoms with Gasteiger partial charge in [0.25, 0.3) is 0 Å². The number of rotatable bonds is 2. The topological polar surface area (TPSA) is 55.3 Å². The molecule has 3 nitrogen and oxygen atoms in total. The fourth-order valence-electron chi connectivity index (χ4n) is 0.00972. The third kappa shape index (κ3) is 9.07. The van der Waals surface area contributed by atoms with Crippen LogP contribution in [0, 0.1) is 22.7 Å². The molecule has 0 amide bonds. The van der Waals surface area contributed by atoms with Gasteiger partial charge in [0.05, 0.1) is 0 Å². The SMILES string of the molecule is [NaH].[O-][Cl+]O[Cl+][O-]. The van der Waals surface area contributed by atoms with E-state index in [1.54, 1.807) is 0 Å². The zero-order valence-corrected chi connectivity index (χ0v) is 3.49. The molecule has 0 aliphatic rings. The van der Waals surface area contributed by atoms with Gasteiger partial charge in [0.15, 0.2) is 0 Å². The van der Waals surface area contributed by atoms with Gasteiger partial charge in [-0.3, -0.25) is 0 Å². The van der Waals surface area contributed by atoms with E-state index in [2.05, 4.69) is 3.84 Å². The normalized spacial score (nSPS) is 7.00. The van der Waals surface area contributed by atoms with Gasteiger partial charge in [-0.25, -0.2) is 0 Å². The molecule has 6 heavy (non-hydrogen) atoms. The second-order valence-electron chi connectivity index (χ2n) is 0.184. The summed E-state index contributed by atoms with van der Waals surface area (Å²) in [6.07, 6.45) is 0. The van der Waals surface area contributed by atoms with Crippen LogP contribution >= 0.6 is 0 Å². The van der Waals surface area contributed by atoms with Gasteiger partial charge in [-0.15, -0.1) is 0 Å². The predicted octanol–water partition coefficient (Wildman–Crippen LogP) is -3.09. The summed E-state index contributed by atoms with van der Waals surface area (Å²) < 4.78 is 21.3. The van der Waals surface area contributed by atoms with Crippen molar-refractivity contribution in [3.05, 3.63) is 0 Å². The Morgan fingerprint density at radius 3 is 1.50 bits per heavy atom. The Hall–Kier alpha value is 1.46. The van der Waals surface area contributed by atoms with Gasteiger partial charge in [-0.1, -0.05) is 0 Å². The third-order valence-corrected chi connectivity index (χ3v) is 0.429. The molecule has 0 saturated carbocycles. The molecule has 0 fully saturated rings. The minimum Gasteiger partial charge on any atom is -0.501 e. The van der Waals surface area contributed by atoms with Crippen LogP contribution in [-0.2, 0) is 3.84 Å². The van der Waals surface area contributed by atoms with Crippen molar-refractivity contribution in [3.63, 3.8) is 0 Å². The molecule has 0 aliphatic heterocycles. The van der Waals surface area contributed by atoms with Gasteiger partial charge < -0.3 is 9.32 Å². The summed E-state index contributed by atoms with van der Waals surface area (Å²) in [4.78, 5) is 0. The first-order chi connectivity index (χ1) is 2.41. The van der Waals surface area contributed by atoms with E-state index in [-0.39, 0.29) is 52.2 Å². The molecule has 0 saturated heterocycles. The first kappa shape index (κ1) is 10.4. The average Bonchev–Trinajstić information content (AvgIpc) is 1.41. The minimum absolute atomic E-state index is 0. The Bertz CT molecular complexity index is 16.3. The molecular formula is HCl2NaO3. The van der Waals surface area contributed by atoms with Crippen LogP contribution in [0.5, 0.6) is 0 Å². The van der Waals surface area contributed by atoms with Crippen LogP contribution in [0.25, 0.3) is 0 Å². The molecule has 0 aliphatic carbocycles. The van der Waals surface area contributed by atoms with E-state index < -0.39 is 0 Å². The van der Waals surface area contributed by atoms with Crippen LogP contribution in [0.15, 0.2) is 0 Å². The second kappa shape index (κ2) is 9.68. The van der Waals surface area contributed by atoms with Crippen LogP contribution in [0.1, 0.15) is 0 Å². The zero-order chi connectivity index (χ0) is 4.12. The smallest absolute Gasteiger partial charge is 0.400 e. The quantitative estimate of drug-likeness (QED) is 0.385. The van der Waals surface area contributed by atoms with Crippen molar-refractivity contribution >= 4 is 29.6 Å². The van der Waals surface area contributed by atoms with Gasteiger partial charge in [0.2, 0.25) is 3.84 Å². The molecule has 0 aromatic rings. The van der Waals surface area contributed by atoms with Crippen molar-refractivity contribution in [2.45, 2.75) is 0 Å². The van der Waals surface area contributed by atoms with Crippen LogP contribution < -0.4 is 9.32 Å². The molecule has 0 atom stereocenters. The molecule has 0 heterocycles. The third-order valence-electron chi connectivity index (χ3n) is 0.0476. The largest absolute Gasteiger partial charge is 0.501 e. The van der Waals surface area contributed by atoms with Gasteiger partial charge in [0.1, 0.15) is 0 Å². The molecule has 6 heteroatoms. The van der Waals surface area contributed by atoms with Gasteiger partial charge >= 0.3 is 52.2 Å². The maximum Gasteiger partial charge on any atom is 0.400 e. The summed E-state index contributed by atoms with van der Waals surface area (Å²) in [5.41, 5.74) is 0. The Kier molecular flexibility index (Phi) is 16.9. The molecule has 0 rings (SSSR count). The van der Waals surface area contributed by atoms with Crippen molar-refractivity contribution in [1.82, 2.24) is 0 Å². The Morgan fingerprint density at radius 1 is 1.17 bits per heavy atom. The van der Waals surface area contributed by atoms with Crippen LogP contribution in [0.4, 0.5) is 0 Å². The summed E-state index contributed by atoms with van der Waals surface area (Å²) in [6, 6.07) is 0. The van der Waals surface area contributed by atoms with Crippen molar-refractivity contribution in [3.8, 4) is 0 Å². The van der Waals surface area contributed by atoms with E-state index in [1.807, 2.05) is 0 Å². The van der Waals surface area contributed by atoms with Crippen LogP contribution in [0.3, 0.4) is 0 Å². The van der Waals surface area contributed by atoms with Crippen molar-refractivity contribution in [1.29, 1.82) is 0 Å². The standard InChI is InChI=1S/Cl2O3.Na.H/c3-1-5-2-4;;. The van der Waals surface area contributed by atoms with Crippen LogP contribution in [-0.4, -0.2) is 29.6 Å². The van der Waals surface area contributed by atoms with Gasteiger partial charge in [0, 0.05) is 0 Å². The monoisotopic (exact) mass is 142 g/mol. The molecule has 0 radical (unpaired) electrons. The van der Waals surface area contributed by atoms with E-state index in [4.69, 9.17) is 9.32 Å². The zero-order valence-electron chi connectivity index (χ0n) is 1.98. The van der Waals surface area contributed by atoms with E-state index in [1.165, 1.54) is 0 Å². The van der Waals surface area contributed by atoms with E-state index in [0.717, 1.165) is 0 Å². The molecular weight excluding hydrogens is 142 g/mol. The first-order valence-electron chi connectivity index (χ1n) is 0.617. The van der Waals surface area contributed by atoms with E-state index >= 15 is 0 Å². The van der Waals surface area contributed by atoms with Crippen molar-refractivity contribution in [2.24, 2.45) is 0 Å². The summed E-state index contributed by atoms with van der Waals surface area (Å²) in [5, 5.41) is 0. The maximum absolute atomic E-state index is 8.93. The van der Waals surface area contributed by atoms with E-state index in [9.17, 15) is 0 Å². The van der Waals surface area contributed by atoms with Crippen molar-refractivity contribution < 1.29 is 35.8 Å². The molecule has 0 aromatic carbocycles. The molecule has 0 aromatic heterocycles. The van der Waals surface area contributed by atoms with Gasteiger partial charge in [-0.2, -0.15) is 0 Å². The maximum atomic E-state index is 8.93. The number of hydrogen-bond acceptors (Lipinski definition) is 3. The molecule has 0 unspecified atom stereocenters. The second-order valence-corrected chi connectivity index (χ2v) is 0.903. The van der Waals surface area contributed by atoms with Crippen molar-refractivity contribution in [2.75, 3.05) is 0 Å². The van der Waals surface area contributed by atoms with E-state index in [0.29, 0.717) is 0 Å². The fraction of sp³-hybridized carbons (Fsp3) is 0. The first-order valence-corrected chi connectivity index (χ1v) is 1.85. The summed E-state index contributed by atoms with van der Waals surface area (Å²) in [5.74, 6) is 0. The van der Waals surface area contributed by atoms with Gasteiger partial charge in [-0.05, 0) is 0 Å². The molecule has 0 bridgehead atoms. The average molecular weight is 143 g/mol. The summed E-state index contributed by atoms with van der Waals surface area (Å²) in [7, 11) is 0. The Balaban J connectivity index is 0. The number of halogens is 2. The molecule has 34 valence electrons. The molecule has 0 N–H and O–H groups in total. The predicted molar refractivity (Wildman–Crippen MR) is 8.23 cm³/mol.